The number of fused-ring (bicyclic) bond motifs is 3. The summed E-state index contributed by atoms with van der Waals surface area (Å²) >= 11 is 0. The minimum atomic E-state index is 0.827. The summed E-state index contributed by atoms with van der Waals surface area (Å²) in [6, 6.07) is 57.7. The van der Waals surface area contributed by atoms with E-state index in [0.29, 0.717) is 0 Å². The van der Waals surface area contributed by atoms with E-state index in [2.05, 4.69) is 239 Å². The van der Waals surface area contributed by atoms with Crippen LogP contribution in [0.4, 0.5) is 0 Å². The zero-order valence-corrected chi connectivity index (χ0v) is 36.7. The van der Waals surface area contributed by atoms with Crippen LogP contribution in [0.2, 0.25) is 0 Å². The number of hydrogen-bond donors (Lipinski definition) is 0. The Hall–Kier alpha value is -7.29. The van der Waals surface area contributed by atoms with Gasteiger partial charge in [-0.1, -0.05) is 173 Å². The highest BCUT2D eigenvalue weighted by molar-refractivity contribution is 6.11. The van der Waals surface area contributed by atoms with Crippen LogP contribution in [0.15, 0.2) is 219 Å². The van der Waals surface area contributed by atoms with Crippen LogP contribution in [-0.2, 0) is 6.42 Å². The number of para-hydroxylation sites is 1. The van der Waals surface area contributed by atoms with Gasteiger partial charge in [0.05, 0.1) is 11.0 Å². The van der Waals surface area contributed by atoms with Gasteiger partial charge >= 0.3 is 0 Å². The van der Waals surface area contributed by atoms with Crippen LogP contribution in [0.5, 0.6) is 0 Å². The van der Waals surface area contributed by atoms with Crippen molar-refractivity contribution in [1.82, 2.24) is 4.57 Å². The van der Waals surface area contributed by atoms with Crippen LogP contribution in [0.3, 0.4) is 0 Å². The first-order valence-electron chi connectivity index (χ1n) is 21.6. The van der Waals surface area contributed by atoms with E-state index < -0.39 is 0 Å². The second-order valence-corrected chi connectivity index (χ2v) is 16.2. The summed E-state index contributed by atoms with van der Waals surface area (Å²) in [5.41, 5.74) is 17.9. The Morgan fingerprint density at radius 2 is 1.02 bits per heavy atom. The van der Waals surface area contributed by atoms with Gasteiger partial charge in [-0.05, 0) is 148 Å². The number of allylic oxidation sites excluding steroid dienone is 7. The summed E-state index contributed by atoms with van der Waals surface area (Å²) in [4.78, 5) is 4.22. The SMILES string of the molecule is C=CC=N/C=C\Cc1cc(-c2cccc(-c3cccc(-c4cccc(-c5cccc(-c6ccc7c(c6)c6ccccc6n7C(/C=C\C)=C/C=C)c5)c4)c3)c2)ccc1C.CC(C)C. The van der Waals surface area contributed by atoms with Crippen LogP contribution in [-0.4, -0.2) is 10.8 Å². The third kappa shape index (κ3) is 10.0. The number of benzene rings is 7. The second kappa shape index (κ2) is 20.3. The van der Waals surface area contributed by atoms with Gasteiger partial charge in [-0.3, -0.25) is 4.99 Å². The van der Waals surface area contributed by atoms with E-state index in [0.717, 1.165) is 18.0 Å². The molecule has 0 amide bonds. The minimum absolute atomic E-state index is 0.827. The molecule has 2 nitrogen and oxygen atoms in total. The molecule has 2 heteroatoms. The number of hydrogen-bond acceptors (Lipinski definition) is 1. The maximum Gasteiger partial charge on any atom is 0.0541 e. The van der Waals surface area contributed by atoms with Gasteiger partial charge in [0.1, 0.15) is 0 Å². The Bertz CT molecular complexity index is 2980. The van der Waals surface area contributed by atoms with E-state index in [1.165, 1.54) is 88.6 Å². The van der Waals surface area contributed by atoms with Crippen molar-refractivity contribution in [3.63, 3.8) is 0 Å². The number of rotatable bonds is 12. The number of nitrogens with zero attached hydrogens (tertiary/aromatic N) is 2. The third-order valence-corrected chi connectivity index (χ3v) is 10.7. The van der Waals surface area contributed by atoms with Gasteiger partial charge in [-0.2, -0.15) is 0 Å². The van der Waals surface area contributed by atoms with Crippen LogP contribution >= 0.6 is 0 Å². The molecule has 0 spiro atoms. The molecule has 0 aliphatic heterocycles. The van der Waals surface area contributed by atoms with E-state index in [9.17, 15) is 0 Å². The molecule has 0 saturated carbocycles. The molecule has 8 rings (SSSR count). The van der Waals surface area contributed by atoms with E-state index in [1.54, 1.807) is 12.3 Å². The predicted octanol–water partition coefficient (Wildman–Crippen LogP) is 17.0. The van der Waals surface area contributed by atoms with Gasteiger partial charge in [0.25, 0.3) is 0 Å². The summed E-state index contributed by atoms with van der Waals surface area (Å²) in [7, 11) is 0. The first-order valence-corrected chi connectivity index (χ1v) is 21.6. The summed E-state index contributed by atoms with van der Waals surface area (Å²) < 4.78 is 2.33. The van der Waals surface area contributed by atoms with Crippen molar-refractivity contribution >= 4 is 33.7 Å². The van der Waals surface area contributed by atoms with Crippen molar-refractivity contribution < 1.29 is 0 Å². The van der Waals surface area contributed by atoms with Gasteiger partial charge in [-0.25, -0.2) is 0 Å². The van der Waals surface area contributed by atoms with Gasteiger partial charge < -0.3 is 4.57 Å². The van der Waals surface area contributed by atoms with Crippen molar-refractivity contribution in [2.45, 2.75) is 41.0 Å². The molecule has 0 aliphatic carbocycles. The normalized spacial score (nSPS) is 11.9. The molecular weight excluding hydrogens is 749 g/mol. The summed E-state index contributed by atoms with van der Waals surface area (Å²) in [6.45, 7) is 18.4. The van der Waals surface area contributed by atoms with Crippen molar-refractivity contribution in [3.8, 4) is 55.6 Å². The second-order valence-electron chi connectivity index (χ2n) is 16.2. The number of aliphatic imine (C=N–C) groups is 1. The lowest BCUT2D eigenvalue weighted by atomic mass is 9.93. The first kappa shape index (κ1) is 42.8. The Balaban J connectivity index is 0.00000139. The molecule has 306 valence electrons. The van der Waals surface area contributed by atoms with Gasteiger partial charge in [0.2, 0.25) is 0 Å². The fraction of sp³-hybridized carbons (Fsp3) is 0.117. The van der Waals surface area contributed by atoms with E-state index in [4.69, 9.17) is 0 Å². The van der Waals surface area contributed by atoms with Gasteiger partial charge in [0, 0.05) is 28.9 Å². The molecule has 62 heavy (non-hydrogen) atoms. The van der Waals surface area contributed by atoms with E-state index >= 15 is 0 Å². The monoisotopic (exact) mass is 804 g/mol. The molecule has 0 unspecified atom stereocenters. The van der Waals surface area contributed by atoms with Crippen LogP contribution < -0.4 is 0 Å². The number of aromatic nitrogens is 1. The molecule has 0 atom stereocenters. The molecule has 7 aromatic carbocycles. The van der Waals surface area contributed by atoms with Crippen LogP contribution in [0, 0.1) is 12.8 Å². The molecule has 8 aromatic rings. The highest BCUT2D eigenvalue weighted by Crippen LogP contribution is 2.37. The zero-order valence-electron chi connectivity index (χ0n) is 36.7. The number of aryl methyl sites for hydroxylation is 1. The average molecular weight is 805 g/mol. The Morgan fingerprint density at radius 1 is 0.548 bits per heavy atom. The highest BCUT2D eigenvalue weighted by Gasteiger charge is 2.14. The Labute approximate surface area is 369 Å². The Kier molecular flexibility index (Phi) is 14.0. The first-order chi connectivity index (χ1) is 30.3. The molecule has 0 saturated heterocycles. The van der Waals surface area contributed by atoms with Crippen molar-refractivity contribution in [2.75, 3.05) is 0 Å². The molecule has 0 radical (unpaired) electrons. The van der Waals surface area contributed by atoms with Crippen molar-refractivity contribution in [2.24, 2.45) is 10.9 Å². The minimum Gasteiger partial charge on any atom is -0.309 e. The largest absolute Gasteiger partial charge is 0.309 e. The van der Waals surface area contributed by atoms with Crippen molar-refractivity contribution in [3.05, 3.63) is 225 Å². The summed E-state index contributed by atoms with van der Waals surface area (Å²) in [5.74, 6) is 0.833. The van der Waals surface area contributed by atoms with Crippen LogP contribution in [0.25, 0.3) is 83.1 Å². The lowest BCUT2D eigenvalue weighted by Gasteiger charge is -2.12. The van der Waals surface area contributed by atoms with Crippen molar-refractivity contribution in [1.29, 1.82) is 0 Å². The average Bonchev–Trinajstić information content (AvgIpc) is 3.63. The highest BCUT2D eigenvalue weighted by atomic mass is 15.0. The fourth-order valence-corrected chi connectivity index (χ4v) is 7.86. The van der Waals surface area contributed by atoms with Gasteiger partial charge in [0.15, 0.2) is 0 Å². The smallest absolute Gasteiger partial charge is 0.0541 e. The predicted molar refractivity (Wildman–Crippen MR) is 273 cm³/mol. The zero-order chi connectivity index (χ0) is 43.4. The molecule has 0 N–H and O–H groups in total. The Morgan fingerprint density at radius 3 is 1.52 bits per heavy atom. The molecule has 1 aromatic heterocycles. The topological polar surface area (TPSA) is 17.3 Å². The summed E-state index contributed by atoms with van der Waals surface area (Å²) in [5, 5.41) is 2.46. The lowest BCUT2D eigenvalue weighted by Crippen LogP contribution is -1.94. The van der Waals surface area contributed by atoms with E-state index in [1.807, 2.05) is 12.3 Å². The summed E-state index contributed by atoms with van der Waals surface area (Å²) in [6.07, 6.45) is 16.3. The molecular formula is C60H56N2. The quantitative estimate of drug-likeness (QED) is 0.0865. The molecule has 0 aliphatic rings. The van der Waals surface area contributed by atoms with E-state index in [-0.39, 0.29) is 0 Å². The van der Waals surface area contributed by atoms with Gasteiger partial charge in [-0.15, -0.1) is 0 Å². The molecule has 0 bridgehead atoms. The maximum absolute atomic E-state index is 4.22. The molecule has 1 heterocycles. The lowest BCUT2D eigenvalue weighted by molar-refractivity contribution is 0.737. The fourth-order valence-electron chi connectivity index (χ4n) is 7.86. The molecule has 0 fully saturated rings. The standard InChI is InChI=1S/C56H46N2.C4H10/c1-5-15-52(16-6-2)58-55-27-9-8-26-53(55)54-39-51(30-31-56(54)58)49-24-13-22-47(38-49)45-20-11-18-43(36-45)42-17-10-19-44(35-42)46-21-12-23-48(37-46)50-29-28-40(4)41(34-50)25-14-33-57-32-7-3;1-4(2)3/h5-24,26-39H,1,3,25H2,2,4H3;4H,1-3H3/b16-6-,33-14-,52-15+,57-32?;. The third-order valence-electron chi connectivity index (χ3n) is 10.7. The van der Waals surface area contributed by atoms with Crippen LogP contribution in [0.1, 0.15) is 38.8 Å². The maximum atomic E-state index is 4.22.